The number of aromatic nitrogens is 2. The molecule has 2 aliphatic rings. The number of halogens is 3. The van der Waals surface area contributed by atoms with Crippen LogP contribution in [0.5, 0.6) is 0 Å². The molecule has 1 saturated carbocycles. The number of nitrogens with zero attached hydrogens (tertiary/aromatic N) is 1. The fourth-order valence-electron chi connectivity index (χ4n) is 3.99. The highest BCUT2D eigenvalue weighted by Crippen LogP contribution is 2.40. The smallest absolute Gasteiger partial charge is 0.324 e. The van der Waals surface area contributed by atoms with Crippen LogP contribution in [0.1, 0.15) is 55.1 Å². The summed E-state index contributed by atoms with van der Waals surface area (Å²) in [6, 6.07) is 1.29. The quantitative estimate of drug-likeness (QED) is 0.803. The zero-order valence-corrected chi connectivity index (χ0v) is 16.2. The predicted octanol–water partition coefficient (Wildman–Crippen LogP) is 1.67. The monoisotopic (exact) mass is 411 g/mol. The second kappa shape index (κ2) is 6.73. The van der Waals surface area contributed by atoms with Crippen molar-refractivity contribution in [3.05, 3.63) is 53.3 Å². The molecule has 3 atom stereocenters. The number of rotatable bonds is 4. The highest BCUT2D eigenvalue weighted by Gasteiger charge is 2.39. The van der Waals surface area contributed by atoms with Crippen LogP contribution >= 0.6 is 11.3 Å². The van der Waals surface area contributed by atoms with Crippen molar-refractivity contribution in [3.8, 4) is 0 Å². The number of hydrogen-bond acceptors (Lipinski definition) is 4. The van der Waals surface area contributed by atoms with Gasteiger partial charge in [-0.15, -0.1) is 11.3 Å². The highest BCUT2D eigenvalue weighted by molar-refractivity contribution is 7.10. The molecular formula is C19H20F3N3O2S. The molecule has 4 rings (SSSR count). The molecule has 0 spiro atoms. The molecule has 2 aromatic rings. The van der Waals surface area contributed by atoms with Crippen LogP contribution < -0.4 is 27.6 Å². The summed E-state index contributed by atoms with van der Waals surface area (Å²) in [7, 11) is 0. The summed E-state index contributed by atoms with van der Waals surface area (Å²) in [5.74, 6) is -0.994. The minimum atomic E-state index is -3.15. The first-order chi connectivity index (χ1) is 13.2. The van der Waals surface area contributed by atoms with Crippen LogP contribution in [0.25, 0.3) is 11.1 Å². The van der Waals surface area contributed by atoms with E-state index in [9.17, 15) is 18.4 Å². The van der Waals surface area contributed by atoms with E-state index in [1.807, 2.05) is 0 Å². The van der Waals surface area contributed by atoms with Crippen molar-refractivity contribution < 1.29 is 13.2 Å². The normalized spacial score (nSPS) is 23.2. The molecule has 0 aromatic carbocycles. The maximum Gasteiger partial charge on any atom is 0.329 e. The molecule has 150 valence electrons. The number of aromatic amines is 1. The minimum absolute atomic E-state index is 0.138. The van der Waals surface area contributed by atoms with E-state index < -0.39 is 40.6 Å². The van der Waals surface area contributed by atoms with E-state index in [0.29, 0.717) is 24.0 Å². The molecule has 0 aliphatic heterocycles. The third-order valence-corrected chi connectivity index (χ3v) is 6.61. The van der Waals surface area contributed by atoms with E-state index in [1.54, 1.807) is 25.3 Å². The van der Waals surface area contributed by atoms with E-state index in [2.05, 4.69) is 4.98 Å². The summed E-state index contributed by atoms with van der Waals surface area (Å²) in [5, 5.41) is 1.45. The Hall–Kier alpha value is -2.13. The largest absolute Gasteiger partial charge is 0.329 e. The van der Waals surface area contributed by atoms with Gasteiger partial charge in [-0.1, -0.05) is 0 Å². The third-order valence-electron chi connectivity index (χ3n) is 5.46. The van der Waals surface area contributed by atoms with Crippen molar-refractivity contribution >= 4 is 22.5 Å². The Kier molecular flexibility index (Phi) is 4.62. The number of H-pyrrole nitrogens is 1. The Morgan fingerprint density at radius 3 is 2.54 bits per heavy atom. The Bertz CT molecular complexity index is 1170. The van der Waals surface area contributed by atoms with Gasteiger partial charge in [0.15, 0.2) is 0 Å². The van der Waals surface area contributed by atoms with Crippen molar-refractivity contribution in [1.82, 2.24) is 9.55 Å². The lowest BCUT2D eigenvalue weighted by Gasteiger charge is -2.28. The average Bonchev–Trinajstić information content (AvgIpc) is 3.31. The summed E-state index contributed by atoms with van der Waals surface area (Å²) >= 11 is 1.34. The van der Waals surface area contributed by atoms with Crippen LogP contribution in [0, 0.1) is 0 Å². The molecule has 0 radical (unpaired) electrons. The van der Waals surface area contributed by atoms with Crippen LogP contribution in [0.15, 0.2) is 21.0 Å². The highest BCUT2D eigenvalue weighted by atomic mass is 32.1. The molecule has 2 heterocycles. The average molecular weight is 411 g/mol. The molecule has 5 nitrogen and oxygen atoms in total. The summed E-state index contributed by atoms with van der Waals surface area (Å²) in [5.41, 5.74) is 4.37. The Labute approximate surface area is 162 Å². The van der Waals surface area contributed by atoms with Crippen molar-refractivity contribution in [2.75, 3.05) is 0 Å². The second-order valence-electron chi connectivity index (χ2n) is 7.47. The molecule has 3 unspecified atom stereocenters. The lowest BCUT2D eigenvalue weighted by molar-refractivity contribution is 0.191. The molecule has 2 aromatic heterocycles. The van der Waals surface area contributed by atoms with Gasteiger partial charge in [-0.25, -0.2) is 18.0 Å². The minimum Gasteiger partial charge on any atom is -0.324 e. The number of alkyl halides is 3. The van der Waals surface area contributed by atoms with Crippen molar-refractivity contribution in [1.29, 1.82) is 0 Å². The lowest BCUT2D eigenvalue weighted by atomic mass is 9.81. The molecule has 0 bridgehead atoms. The van der Waals surface area contributed by atoms with E-state index in [-0.39, 0.29) is 17.4 Å². The van der Waals surface area contributed by atoms with Crippen LogP contribution in [0.3, 0.4) is 0 Å². The summed E-state index contributed by atoms with van der Waals surface area (Å²) in [4.78, 5) is 27.7. The van der Waals surface area contributed by atoms with Crippen LogP contribution in [-0.4, -0.2) is 22.1 Å². The van der Waals surface area contributed by atoms with E-state index in [1.165, 1.54) is 15.9 Å². The Balaban J connectivity index is 2.11. The molecule has 9 heteroatoms. The molecule has 0 amide bonds. The van der Waals surface area contributed by atoms with Crippen LogP contribution in [0.4, 0.5) is 13.2 Å². The second-order valence-corrected chi connectivity index (χ2v) is 8.42. The predicted molar refractivity (Wildman–Crippen MR) is 102 cm³/mol. The Morgan fingerprint density at radius 2 is 2.00 bits per heavy atom. The zero-order chi connectivity index (χ0) is 20.3. The van der Waals surface area contributed by atoms with Gasteiger partial charge >= 0.3 is 5.69 Å². The van der Waals surface area contributed by atoms with E-state index in [4.69, 9.17) is 5.73 Å². The number of nitrogens with two attached hydrogens (primary N) is 1. The maximum atomic E-state index is 15.4. The van der Waals surface area contributed by atoms with E-state index in [0.717, 1.165) is 4.88 Å². The first-order valence-electron chi connectivity index (χ1n) is 9.08. The van der Waals surface area contributed by atoms with Gasteiger partial charge in [0, 0.05) is 28.5 Å². The van der Waals surface area contributed by atoms with Gasteiger partial charge in [0.2, 0.25) is 0 Å². The molecule has 1 fully saturated rings. The lowest BCUT2D eigenvalue weighted by Crippen LogP contribution is -2.59. The fourth-order valence-corrected chi connectivity index (χ4v) is 4.89. The topological polar surface area (TPSA) is 80.9 Å². The SMILES string of the molecule is CC1=c2c(c(=O)[nH]c(=O)n2C2CC2)=C(C(F)F)C(F)C1c1csc(C(C)N)c1. The summed E-state index contributed by atoms with van der Waals surface area (Å²) in [6.07, 6.45) is -3.78. The Morgan fingerprint density at radius 1 is 1.32 bits per heavy atom. The fraction of sp³-hybridized carbons (Fsp3) is 0.474. The van der Waals surface area contributed by atoms with E-state index >= 15 is 4.39 Å². The van der Waals surface area contributed by atoms with Gasteiger partial charge in [-0.2, -0.15) is 0 Å². The molecule has 2 aliphatic carbocycles. The van der Waals surface area contributed by atoms with Gasteiger partial charge in [-0.05, 0) is 49.3 Å². The van der Waals surface area contributed by atoms with Gasteiger partial charge in [0.1, 0.15) is 6.17 Å². The van der Waals surface area contributed by atoms with Gasteiger partial charge in [0.05, 0.1) is 10.6 Å². The number of fused-ring (bicyclic) bond motifs is 1. The van der Waals surface area contributed by atoms with Crippen LogP contribution in [-0.2, 0) is 0 Å². The number of thiophene rings is 1. The standard InChI is InChI=1S/C19H20F3N3O2S/c1-7-12(9-5-11(8(2)23)28-6-9)15(20)13(17(21)22)14-16(7)25(10-3-4-10)19(27)24-18(14)26/h5-6,8,10,12,15,17H,3-4,23H2,1-2H3,(H,24,26,27). The number of hydrogen-bond donors (Lipinski definition) is 2. The molecule has 3 N–H and O–H groups in total. The summed E-state index contributed by atoms with van der Waals surface area (Å²) in [6.45, 7) is 3.40. The maximum absolute atomic E-state index is 15.4. The van der Waals surface area contributed by atoms with Crippen molar-refractivity contribution in [3.63, 3.8) is 0 Å². The molecular weight excluding hydrogens is 391 g/mol. The van der Waals surface area contributed by atoms with Gasteiger partial charge in [0.25, 0.3) is 12.0 Å². The molecule has 0 saturated heterocycles. The van der Waals surface area contributed by atoms with Crippen LogP contribution in [0.2, 0.25) is 0 Å². The van der Waals surface area contributed by atoms with Gasteiger partial charge in [-0.3, -0.25) is 14.3 Å². The van der Waals surface area contributed by atoms with Crippen molar-refractivity contribution in [2.45, 2.75) is 57.3 Å². The summed E-state index contributed by atoms with van der Waals surface area (Å²) < 4.78 is 44.5. The first-order valence-corrected chi connectivity index (χ1v) is 9.96. The number of nitrogens with one attached hydrogen (secondary N) is 1. The third kappa shape index (κ3) is 2.88. The zero-order valence-electron chi connectivity index (χ0n) is 15.3. The van der Waals surface area contributed by atoms with Crippen molar-refractivity contribution in [2.24, 2.45) is 5.73 Å². The first kappa shape index (κ1) is 19.2. The van der Waals surface area contributed by atoms with Gasteiger partial charge < -0.3 is 5.73 Å². The molecule has 28 heavy (non-hydrogen) atoms.